The van der Waals surface area contributed by atoms with E-state index in [1.807, 2.05) is 6.07 Å². The van der Waals surface area contributed by atoms with Crippen molar-refractivity contribution in [2.45, 2.75) is 59.0 Å². The van der Waals surface area contributed by atoms with E-state index < -0.39 is 0 Å². The van der Waals surface area contributed by atoms with Gasteiger partial charge in [-0.15, -0.1) is 0 Å². The molecule has 0 saturated heterocycles. The first kappa shape index (κ1) is 16.6. The number of pyridine rings is 1. The van der Waals surface area contributed by atoms with Crippen molar-refractivity contribution in [2.75, 3.05) is 18.0 Å². The van der Waals surface area contributed by atoms with E-state index >= 15 is 0 Å². The highest BCUT2D eigenvalue weighted by molar-refractivity contribution is 6.31. The molecule has 3 nitrogen and oxygen atoms in total. The third-order valence-corrected chi connectivity index (χ3v) is 4.72. The summed E-state index contributed by atoms with van der Waals surface area (Å²) in [6.45, 7) is 9.57. The zero-order chi connectivity index (χ0) is 15.2. The van der Waals surface area contributed by atoms with Gasteiger partial charge in [-0.1, -0.05) is 38.3 Å². The summed E-state index contributed by atoms with van der Waals surface area (Å²) in [5.74, 6) is 1.79. The molecular weight excluding hydrogens is 282 g/mol. The second-order valence-electron chi connectivity index (χ2n) is 5.97. The average molecular weight is 310 g/mol. The summed E-state index contributed by atoms with van der Waals surface area (Å²) in [4.78, 5) is 7.17. The van der Waals surface area contributed by atoms with Crippen LogP contribution in [-0.2, 0) is 6.54 Å². The average Bonchev–Trinajstić information content (AvgIpc) is 3.32. The van der Waals surface area contributed by atoms with Crippen molar-refractivity contribution in [3.05, 3.63) is 22.8 Å². The minimum Gasteiger partial charge on any atom is -0.357 e. The summed E-state index contributed by atoms with van der Waals surface area (Å²) in [6, 6.07) is 4.72. The first-order chi connectivity index (χ1) is 10.2. The molecule has 0 atom stereocenters. The molecule has 0 unspecified atom stereocenters. The van der Waals surface area contributed by atoms with Gasteiger partial charge in [-0.3, -0.25) is 0 Å². The van der Waals surface area contributed by atoms with Crippen molar-refractivity contribution >= 4 is 17.4 Å². The lowest BCUT2D eigenvalue weighted by Gasteiger charge is -2.27. The zero-order valence-corrected chi connectivity index (χ0v) is 14.3. The standard InChI is InChI=1S/C17H28ClN3/c1-4-13(5-2)12-21(6-3)17-10-9-15(18)16(20-17)11-19-14-7-8-14/h9-10,13-14,19H,4-8,11-12H2,1-3H3. The van der Waals surface area contributed by atoms with E-state index in [1.165, 1.54) is 25.7 Å². The van der Waals surface area contributed by atoms with Crippen molar-refractivity contribution < 1.29 is 0 Å². The number of aromatic nitrogens is 1. The molecule has 1 aromatic rings. The molecule has 2 rings (SSSR count). The van der Waals surface area contributed by atoms with Crippen LogP contribution in [-0.4, -0.2) is 24.1 Å². The fraction of sp³-hybridized carbons (Fsp3) is 0.706. The van der Waals surface area contributed by atoms with Crippen LogP contribution in [0, 0.1) is 5.92 Å². The van der Waals surface area contributed by atoms with E-state index in [0.717, 1.165) is 42.1 Å². The summed E-state index contributed by atoms with van der Waals surface area (Å²) in [5.41, 5.74) is 0.976. The molecule has 0 amide bonds. The number of anilines is 1. The Balaban J connectivity index is 2.06. The lowest BCUT2D eigenvalue weighted by atomic mass is 10.0. The van der Waals surface area contributed by atoms with Crippen LogP contribution in [0.15, 0.2) is 12.1 Å². The smallest absolute Gasteiger partial charge is 0.128 e. The van der Waals surface area contributed by atoms with Crippen molar-refractivity contribution in [3.8, 4) is 0 Å². The van der Waals surface area contributed by atoms with Crippen LogP contribution in [0.5, 0.6) is 0 Å². The van der Waals surface area contributed by atoms with Gasteiger partial charge in [0.2, 0.25) is 0 Å². The van der Waals surface area contributed by atoms with Gasteiger partial charge in [0, 0.05) is 25.7 Å². The minimum atomic E-state index is 0.679. The maximum atomic E-state index is 6.29. The Morgan fingerprint density at radius 2 is 2.00 bits per heavy atom. The van der Waals surface area contributed by atoms with Crippen LogP contribution in [0.3, 0.4) is 0 Å². The summed E-state index contributed by atoms with van der Waals surface area (Å²) < 4.78 is 0. The van der Waals surface area contributed by atoms with Gasteiger partial charge in [-0.2, -0.15) is 0 Å². The zero-order valence-electron chi connectivity index (χ0n) is 13.5. The van der Waals surface area contributed by atoms with Gasteiger partial charge in [-0.25, -0.2) is 4.98 Å². The van der Waals surface area contributed by atoms with Crippen LogP contribution in [0.1, 0.15) is 52.1 Å². The lowest BCUT2D eigenvalue weighted by Crippen LogP contribution is -2.30. The Bertz CT molecular complexity index is 442. The molecule has 1 fully saturated rings. The van der Waals surface area contributed by atoms with Crippen LogP contribution < -0.4 is 10.2 Å². The van der Waals surface area contributed by atoms with Crippen molar-refractivity contribution in [3.63, 3.8) is 0 Å². The number of hydrogen-bond donors (Lipinski definition) is 1. The lowest BCUT2D eigenvalue weighted by molar-refractivity contribution is 0.484. The highest BCUT2D eigenvalue weighted by Crippen LogP contribution is 2.23. The van der Waals surface area contributed by atoms with Crippen LogP contribution >= 0.6 is 11.6 Å². The Kier molecular flexibility index (Phi) is 6.31. The molecule has 0 radical (unpaired) electrons. The van der Waals surface area contributed by atoms with E-state index in [2.05, 4.69) is 37.1 Å². The molecule has 0 aliphatic heterocycles. The van der Waals surface area contributed by atoms with Crippen LogP contribution in [0.4, 0.5) is 5.82 Å². The predicted octanol–water partition coefficient (Wildman–Crippen LogP) is 4.25. The number of nitrogens with zero attached hydrogens (tertiary/aromatic N) is 2. The van der Waals surface area contributed by atoms with Crippen LogP contribution in [0.2, 0.25) is 5.02 Å². The third-order valence-electron chi connectivity index (χ3n) is 4.38. The molecule has 1 aliphatic carbocycles. The van der Waals surface area contributed by atoms with Gasteiger partial charge in [0.1, 0.15) is 5.82 Å². The van der Waals surface area contributed by atoms with E-state index in [0.29, 0.717) is 6.04 Å². The molecule has 1 aliphatic rings. The Labute approximate surface area is 134 Å². The minimum absolute atomic E-state index is 0.679. The molecular formula is C17H28ClN3. The first-order valence-corrected chi connectivity index (χ1v) is 8.69. The van der Waals surface area contributed by atoms with Gasteiger partial charge in [0.25, 0.3) is 0 Å². The summed E-state index contributed by atoms with van der Waals surface area (Å²) in [6.07, 6.45) is 5.01. The number of halogens is 1. The van der Waals surface area contributed by atoms with Crippen molar-refractivity contribution in [1.29, 1.82) is 0 Å². The highest BCUT2D eigenvalue weighted by atomic mass is 35.5. The van der Waals surface area contributed by atoms with Gasteiger partial charge in [-0.05, 0) is 37.8 Å². The first-order valence-electron chi connectivity index (χ1n) is 8.31. The largest absolute Gasteiger partial charge is 0.357 e. The molecule has 0 spiro atoms. The maximum Gasteiger partial charge on any atom is 0.128 e. The molecule has 118 valence electrons. The molecule has 21 heavy (non-hydrogen) atoms. The Hall–Kier alpha value is -0.800. The molecule has 1 aromatic heterocycles. The quantitative estimate of drug-likeness (QED) is 0.739. The topological polar surface area (TPSA) is 28.2 Å². The Morgan fingerprint density at radius 1 is 1.29 bits per heavy atom. The normalized spacial score (nSPS) is 14.7. The van der Waals surface area contributed by atoms with E-state index in [4.69, 9.17) is 16.6 Å². The van der Waals surface area contributed by atoms with Gasteiger partial charge in [0.15, 0.2) is 0 Å². The van der Waals surface area contributed by atoms with Crippen molar-refractivity contribution in [1.82, 2.24) is 10.3 Å². The number of nitrogens with one attached hydrogen (secondary N) is 1. The SMILES string of the molecule is CCC(CC)CN(CC)c1ccc(Cl)c(CNC2CC2)n1. The molecule has 1 saturated carbocycles. The molecule has 1 heterocycles. The van der Waals surface area contributed by atoms with Gasteiger partial charge >= 0.3 is 0 Å². The second kappa shape index (κ2) is 8.00. The van der Waals surface area contributed by atoms with Crippen LogP contribution in [0.25, 0.3) is 0 Å². The molecule has 0 aromatic carbocycles. The molecule has 0 bridgehead atoms. The third kappa shape index (κ3) is 4.86. The molecule has 4 heteroatoms. The van der Waals surface area contributed by atoms with Gasteiger partial charge in [0.05, 0.1) is 10.7 Å². The fourth-order valence-corrected chi connectivity index (χ4v) is 2.72. The Morgan fingerprint density at radius 3 is 2.57 bits per heavy atom. The van der Waals surface area contributed by atoms with Gasteiger partial charge < -0.3 is 10.2 Å². The second-order valence-corrected chi connectivity index (χ2v) is 6.38. The monoisotopic (exact) mass is 309 g/mol. The predicted molar refractivity (Wildman–Crippen MR) is 91.1 cm³/mol. The van der Waals surface area contributed by atoms with E-state index in [-0.39, 0.29) is 0 Å². The number of hydrogen-bond acceptors (Lipinski definition) is 3. The van der Waals surface area contributed by atoms with E-state index in [1.54, 1.807) is 0 Å². The number of rotatable bonds is 9. The summed E-state index contributed by atoms with van der Waals surface area (Å²) >= 11 is 6.29. The summed E-state index contributed by atoms with van der Waals surface area (Å²) in [5, 5.41) is 4.26. The molecule has 1 N–H and O–H groups in total. The highest BCUT2D eigenvalue weighted by Gasteiger charge is 2.21. The van der Waals surface area contributed by atoms with Crippen molar-refractivity contribution in [2.24, 2.45) is 5.92 Å². The van der Waals surface area contributed by atoms with E-state index in [9.17, 15) is 0 Å². The fourth-order valence-electron chi connectivity index (χ4n) is 2.54. The maximum absolute atomic E-state index is 6.29. The summed E-state index contributed by atoms with van der Waals surface area (Å²) in [7, 11) is 0.